The van der Waals surface area contributed by atoms with Crippen LogP contribution in [0.2, 0.25) is 10.0 Å². The van der Waals surface area contributed by atoms with Gasteiger partial charge in [-0.15, -0.1) is 11.3 Å². The van der Waals surface area contributed by atoms with Gasteiger partial charge in [-0.05, 0) is 18.2 Å². The number of aromatic nitrogens is 2. The van der Waals surface area contributed by atoms with Crippen molar-refractivity contribution in [3.63, 3.8) is 0 Å². The molecule has 11 heteroatoms. The van der Waals surface area contributed by atoms with Crippen molar-refractivity contribution in [1.29, 1.82) is 0 Å². The summed E-state index contributed by atoms with van der Waals surface area (Å²) in [5, 5.41) is 11.4. The largest absolute Gasteiger partial charge is 0.459 e. The van der Waals surface area contributed by atoms with Gasteiger partial charge in [-0.3, -0.25) is 14.9 Å². The van der Waals surface area contributed by atoms with E-state index in [0.717, 1.165) is 0 Å². The number of nitrogens with one attached hydrogen (secondary N) is 3. The Kier molecular flexibility index (Phi) is 6.85. The highest BCUT2D eigenvalue weighted by Crippen LogP contribution is 2.22. The lowest BCUT2D eigenvalue weighted by Gasteiger charge is -2.08. The Morgan fingerprint density at radius 2 is 2.11 bits per heavy atom. The lowest BCUT2D eigenvalue weighted by Crippen LogP contribution is -2.30. The second-order valence-corrected chi connectivity index (χ2v) is 7.21. The van der Waals surface area contributed by atoms with Crippen LogP contribution < -0.4 is 16.0 Å². The minimum absolute atomic E-state index is 0.104. The third-order valence-electron chi connectivity index (χ3n) is 3.41. The van der Waals surface area contributed by atoms with Gasteiger partial charge in [0.15, 0.2) is 10.9 Å². The molecule has 0 unspecified atom stereocenters. The smallest absolute Gasteiger partial charge is 0.293 e. The number of hydrogen-bond acceptors (Lipinski definition) is 7. The van der Waals surface area contributed by atoms with E-state index in [1.165, 1.54) is 23.8 Å². The molecule has 0 aromatic carbocycles. The number of pyridine rings is 1. The summed E-state index contributed by atoms with van der Waals surface area (Å²) < 4.78 is 5.01. The van der Waals surface area contributed by atoms with Gasteiger partial charge in [0.25, 0.3) is 5.91 Å². The minimum Gasteiger partial charge on any atom is -0.459 e. The molecule has 2 amide bonds. The van der Waals surface area contributed by atoms with E-state index < -0.39 is 5.91 Å². The molecule has 0 radical (unpaired) electrons. The van der Waals surface area contributed by atoms with E-state index in [9.17, 15) is 9.59 Å². The van der Waals surface area contributed by atoms with E-state index in [-0.39, 0.29) is 18.1 Å². The van der Waals surface area contributed by atoms with E-state index in [1.807, 2.05) is 0 Å². The van der Waals surface area contributed by atoms with E-state index in [1.54, 1.807) is 23.6 Å². The van der Waals surface area contributed by atoms with Crippen LogP contribution in [-0.4, -0.2) is 34.9 Å². The van der Waals surface area contributed by atoms with Gasteiger partial charge in [0.2, 0.25) is 5.91 Å². The molecule has 0 aliphatic rings. The number of hydrogen-bond donors (Lipinski definition) is 3. The fourth-order valence-electron chi connectivity index (χ4n) is 2.17. The summed E-state index contributed by atoms with van der Waals surface area (Å²) in [6, 6.07) is 4.76. The SMILES string of the molecule is O=C(Cc1csc(NC(=O)c2ccco2)n1)NCCNc1ncc(Cl)cc1Cl. The first-order chi connectivity index (χ1) is 13.5. The van der Waals surface area contributed by atoms with Crippen molar-refractivity contribution >= 4 is 57.3 Å². The molecule has 0 atom stereocenters. The highest BCUT2D eigenvalue weighted by molar-refractivity contribution is 7.14. The summed E-state index contributed by atoms with van der Waals surface area (Å²) in [7, 11) is 0. The maximum absolute atomic E-state index is 12.0. The zero-order valence-corrected chi connectivity index (χ0v) is 16.7. The Hall–Kier alpha value is -2.62. The highest BCUT2D eigenvalue weighted by Gasteiger charge is 2.12. The number of halogens is 2. The average Bonchev–Trinajstić information content (AvgIpc) is 3.32. The molecule has 0 aliphatic carbocycles. The van der Waals surface area contributed by atoms with E-state index in [0.29, 0.717) is 39.8 Å². The van der Waals surface area contributed by atoms with Crippen molar-refractivity contribution in [2.45, 2.75) is 6.42 Å². The molecular formula is C17H15Cl2N5O3S. The van der Waals surface area contributed by atoms with E-state index in [4.69, 9.17) is 27.6 Å². The molecule has 3 heterocycles. The minimum atomic E-state index is -0.393. The number of carbonyl (C=O) groups is 2. The van der Waals surface area contributed by atoms with E-state index >= 15 is 0 Å². The molecule has 3 aromatic heterocycles. The van der Waals surface area contributed by atoms with Crippen molar-refractivity contribution in [3.05, 3.63) is 57.5 Å². The van der Waals surface area contributed by atoms with Gasteiger partial charge in [0.05, 0.1) is 28.4 Å². The highest BCUT2D eigenvalue weighted by atomic mass is 35.5. The van der Waals surface area contributed by atoms with Gasteiger partial charge in [-0.2, -0.15) is 0 Å². The number of nitrogens with zero attached hydrogens (tertiary/aromatic N) is 2. The van der Waals surface area contributed by atoms with Crippen LogP contribution in [-0.2, 0) is 11.2 Å². The van der Waals surface area contributed by atoms with Crippen molar-refractivity contribution < 1.29 is 14.0 Å². The Morgan fingerprint density at radius 3 is 2.86 bits per heavy atom. The molecule has 0 saturated heterocycles. The number of carbonyl (C=O) groups excluding carboxylic acids is 2. The van der Waals surface area contributed by atoms with E-state index in [2.05, 4.69) is 25.9 Å². The predicted molar refractivity (Wildman–Crippen MR) is 108 cm³/mol. The predicted octanol–water partition coefficient (Wildman–Crippen LogP) is 3.46. The molecular weight excluding hydrogens is 425 g/mol. The van der Waals surface area contributed by atoms with Crippen molar-refractivity contribution in [3.8, 4) is 0 Å². The van der Waals surface area contributed by atoms with Crippen molar-refractivity contribution in [2.75, 3.05) is 23.7 Å². The third-order valence-corrected chi connectivity index (χ3v) is 4.71. The summed E-state index contributed by atoms with van der Waals surface area (Å²) >= 11 is 13.0. The molecule has 0 aliphatic heterocycles. The Morgan fingerprint density at radius 1 is 1.25 bits per heavy atom. The molecule has 8 nitrogen and oxygen atoms in total. The molecule has 28 heavy (non-hydrogen) atoms. The van der Waals surface area contributed by atoms with Crippen LogP contribution in [0, 0.1) is 0 Å². The summed E-state index contributed by atoms with van der Waals surface area (Å²) in [5.74, 6) is 0.107. The van der Waals surface area contributed by atoms with Crippen LogP contribution in [0.15, 0.2) is 40.5 Å². The molecule has 3 rings (SSSR count). The van der Waals surface area contributed by atoms with Crippen LogP contribution in [0.25, 0.3) is 0 Å². The molecule has 0 bridgehead atoms. The van der Waals surface area contributed by atoms with Crippen LogP contribution >= 0.6 is 34.5 Å². The normalized spacial score (nSPS) is 10.5. The average molecular weight is 440 g/mol. The number of anilines is 2. The number of furan rings is 1. The second kappa shape index (κ2) is 9.54. The monoisotopic (exact) mass is 439 g/mol. The van der Waals surface area contributed by atoms with Crippen LogP contribution in [0.4, 0.5) is 10.9 Å². The van der Waals surface area contributed by atoms with Gasteiger partial charge >= 0.3 is 0 Å². The standard InChI is InChI=1S/C17H15Cl2N5O3S/c18-10-6-12(19)15(22-8-10)21-4-3-20-14(25)7-11-9-28-17(23-11)24-16(26)13-2-1-5-27-13/h1-2,5-6,8-9H,3-4,7H2,(H,20,25)(H,21,22)(H,23,24,26). The fraction of sp³-hybridized carbons (Fsp3) is 0.176. The van der Waals surface area contributed by atoms with Gasteiger partial charge in [0.1, 0.15) is 5.82 Å². The van der Waals surface area contributed by atoms with Crippen molar-refractivity contribution in [1.82, 2.24) is 15.3 Å². The fourth-order valence-corrected chi connectivity index (χ4v) is 3.32. The number of amides is 2. The van der Waals surface area contributed by atoms with Crippen molar-refractivity contribution in [2.24, 2.45) is 0 Å². The first-order valence-corrected chi connectivity index (χ1v) is 9.75. The Bertz CT molecular complexity index is 962. The molecule has 3 aromatic rings. The first-order valence-electron chi connectivity index (χ1n) is 8.12. The molecule has 0 spiro atoms. The lowest BCUT2D eigenvalue weighted by molar-refractivity contribution is -0.120. The quantitative estimate of drug-likeness (QED) is 0.463. The summed E-state index contributed by atoms with van der Waals surface area (Å²) in [4.78, 5) is 32.2. The molecule has 146 valence electrons. The second-order valence-electron chi connectivity index (χ2n) is 5.51. The maximum atomic E-state index is 12.0. The Labute approximate surface area is 174 Å². The van der Waals surface area contributed by atoms with Crippen LogP contribution in [0.1, 0.15) is 16.2 Å². The van der Waals surface area contributed by atoms with Gasteiger partial charge in [-0.1, -0.05) is 23.2 Å². The molecule has 3 N–H and O–H groups in total. The van der Waals surface area contributed by atoms with Crippen LogP contribution in [0.5, 0.6) is 0 Å². The third kappa shape index (κ3) is 5.69. The maximum Gasteiger partial charge on any atom is 0.293 e. The first kappa shape index (κ1) is 20.1. The topological polar surface area (TPSA) is 109 Å². The zero-order chi connectivity index (χ0) is 19.9. The molecule has 0 fully saturated rings. The van der Waals surface area contributed by atoms with Gasteiger partial charge in [-0.25, -0.2) is 9.97 Å². The summed E-state index contributed by atoms with van der Waals surface area (Å²) in [5.41, 5.74) is 0.563. The lowest BCUT2D eigenvalue weighted by atomic mass is 10.3. The van der Waals surface area contributed by atoms with Gasteiger partial charge in [0, 0.05) is 24.7 Å². The van der Waals surface area contributed by atoms with Gasteiger partial charge < -0.3 is 15.1 Å². The number of thiazole rings is 1. The number of rotatable bonds is 8. The Balaban J connectivity index is 1.40. The summed E-state index contributed by atoms with van der Waals surface area (Å²) in [6.07, 6.45) is 3.00. The summed E-state index contributed by atoms with van der Waals surface area (Å²) in [6.45, 7) is 0.827. The van der Waals surface area contributed by atoms with Crippen LogP contribution in [0.3, 0.4) is 0 Å². The molecule has 0 saturated carbocycles. The zero-order valence-electron chi connectivity index (χ0n) is 14.4.